The van der Waals surface area contributed by atoms with Gasteiger partial charge in [-0.3, -0.25) is 0 Å². The fourth-order valence-electron chi connectivity index (χ4n) is 3.57. The molecule has 0 unspecified atom stereocenters. The van der Waals surface area contributed by atoms with Gasteiger partial charge in [0.15, 0.2) is 17.5 Å². The molecule has 0 spiro atoms. The standard InChI is InChI=1S/C29H27N3/c1-4-10-23(11-5-2)27-30-28(24-12-7-6-8-13-24)32-29(31-27)26-15-9-14-25(20-26)22-18-16-21(3)17-19-22/h4,6-20H,5H2,1-3H3/b10-4-,23-11+. The van der Waals surface area contributed by atoms with E-state index in [9.17, 15) is 0 Å². The van der Waals surface area contributed by atoms with Gasteiger partial charge in [-0.1, -0.05) is 104 Å². The molecule has 0 aliphatic carbocycles. The molecular weight excluding hydrogens is 390 g/mol. The lowest BCUT2D eigenvalue weighted by atomic mass is 10.0. The first-order valence-electron chi connectivity index (χ1n) is 11.0. The Hall–Kier alpha value is -3.85. The van der Waals surface area contributed by atoms with Gasteiger partial charge in [-0.2, -0.15) is 0 Å². The maximum absolute atomic E-state index is 4.87. The Labute approximate surface area is 190 Å². The van der Waals surface area contributed by atoms with Crippen LogP contribution >= 0.6 is 0 Å². The molecule has 0 amide bonds. The fourth-order valence-corrected chi connectivity index (χ4v) is 3.57. The molecule has 3 heteroatoms. The largest absolute Gasteiger partial charge is 0.208 e. The third-order valence-electron chi connectivity index (χ3n) is 5.20. The van der Waals surface area contributed by atoms with Crippen LogP contribution in [0.25, 0.3) is 39.5 Å². The van der Waals surface area contributed by atoms with E-state index >= 15 is 0 Å². The first-order valence-corrected chi connectivity index (χ1v) is 11.0. The van der Waals surface area contributed by atoms with Gasteiger partial charge in [-0.15, -0.1) is 0 Å². The molecule has 0 radical (unpaired) electrons. The topological polar surface area (TPSA) is 38.7 Å². The molecule has 0 N–H and O–H groups in total. The van der Waals surface area contributed by atoms with Crippen LogP contribution in [-0.4, -0.2) is 15.0 Å². The predicted octanol–water partition coefficient (Wildman–Crippen LogP) is 7.55. The number of nitrogens with zero attached hydrogens (tertiary/aromatic N) is 3. The Morgan fingerprint density at radius 1 is 0.719 bits per heavy atom. The summed E-state index contributed by atoms with van der Waals surface area (Å²) in [5, 5.41) is 0. The van der Waals surface area contributed by atoms with Crippen LogP contribution in [0.15, 0.2) is 97.1 Å². The SMILES string of the molecule is C/C=C\C(=C/CC)c1nc(-c2ccccc2)nc(-c2cccc(-c3ccc(C)cc3)c2)n1. The molecule has 0 aliphatic rings. The summed E-state index contributed by atoms with van der Waals surface area (Å²) in [6.07, 6.45) is 7.13. The van der Waals surface area contributed by atoms with Crippen molar-refractivity contribution in [1.29, 1.82) is 0 Å². The van der Waals surface area contributed by atoms with E-state index in [0.717, 1.165) is 28.7 Å². The van der Waals surface area contributed by atoms with Crippen LogP contribution in [0.1, 0.15) is 31.7 Å². The highest BCUT2D eigenvalue weighted by Crippen LogP contribution is 2.27. The number of hydrogen-bond donors (Lipinski definition) is 0. The summed E-state index contributed by atoms with van der Waals surface area (Å²) >= 11 is 0. The smallest absolute Gasteiger partial charge is 0.164 e. The van der Waals surface area contributed by atoms with Gasteiger partial charge in [-0.25, -0.2) is 15.0 Å². The van der Waals surface area contributed by atoms with Crippen molar-refractivity contribution in [1.82, 2.24) is 15.0 Å². The molecule has 0 saturated carbocycles. The molecular formula is C29H27N3. The van der Waals surface area contributed by atoms with Gasteiger partial charge in [-0.05, 0) is 37.5 Å². The van der Waals surface area contributed by atoms with Crippen molar-refractivity contribution in [2.75, 3.05) is 0 Å². The molecule has 3 nitrogen and oxygen atoms in total. The Balaban J connectivity index is 1.86. The van der Waals surface area contributed by atoms with E-state index in [0.29, 0.717) is 17.5 Å². The zero-order valence-corrected chi connectivity index (χ0v) is 18.8. The summed E-state index contributed by atoms with van der Waals surface area (Å²) in [6, 6.07) is 27.0. The van der Waals surface area contributed by atoms with Crippen molar-refractivity contribution in [3.05, 3.63) is 108 Å². The van der Waals surface area contributed by atoms with Crippen LogP contribution in [0.4, 0.5) is 0 Å². The summed E-state index contributed by atoms with van der Waals surface area (Å²) in [5.74, 6) is 2.04. The van der Waals surface area contributed by atoms with Crippen molar-refractivity contribution in [2.24, 2.45) is 0 Å². The van der Waals surface area contributed by atoms with Crippen LogP contribution in [0.5, 0.6) is 0 Å². The Morgan fingerprint density at radius 3 is 2.06 bits per heavy atom. The molecule has 0 fully saturated rings. The van der Waals surface area contributed by atoms with Crippen LogP contribution in [0.2, 0.25) is 0 Å². The second kappa shape index (κ2) is 9.97. The normalized spacial score (nSPS) is 11.8. The van der Waals surface area contributed by atoms with E-state index in [1.807, 2.05) is 43.3 Å². The highest BCUT2D eigenvalue weighted by molar-refractivity contribution is 5.74. The van der Waals surface area contributed by atoms with Gasteiger partial charge in [0.05, 0.1) is 0 Å². The monoisotopic (exact) mass is 417 g/mol. The van der Waals surface area contributed by atoms with Gasteiger partial charge in [0.2, 0.25) is 0 Å². The molecule has 0 aliphatic heterocycles. The maximum atomic E-state index is 4.87. The molecule has 4 aromatic rings. The summed E-state index contributed by atoms with van der Waals surface area (Å²) in [5.41, 5.74) is 6.52. The van der Waals surface area contributed by atoms with Crippen molar-refractivity contribution in [3.8, 4) is 33.9 Å². The van der Waals surface area contributed by atoms with E-state index in [1.165, 1.54) is 11.1 Å². The molecule has 1 heterocycles. The second-order valence-electron chi connectivity index (χ2n) is 7.69. The zero-order chi connectivity index (χ0) is 22.3. The summed E-state index contributed by atoms with van der Waals surface area (Å²) < 4.78 is 0. The van der Waals surface area contributed by atoms with Gasteiger partial charge in [0, 0.05) is 16.7 Å². The zero-order valence-electron chi connectivity index (χ0n) is 18.8. The predicted molar refractivity (Wildman–Crippen MR) is 134 cm³/mol. The molecule has 158 valence electrons. The lowest BCUT2D eigenvalue weighted by Gasteiger charge is -2.10. The lowest BCUT2D eigenvalue weighted by Crippen LogP contribution is -2.02. The fraction of sp³-hybridized carbons (Fsp3) is 0.138. The van der Waals surface area contributed by atoms with Gasteiger partial charge >= 0.3 is 0 Å². The average molecular weight is 418 g/mol. The van der Waals surface area contributed by atoms with Crippen LogP contribution < -0.4 is 0 Å². The van der Waals surface area contributed by atoms with Crippen molar-refractivity contribution < 1.29 is 0 Å². The van der Waals surface area contributed by atoms with Gasteiger partial charge < -0.3 is 0 Å². The maximum Gasteiger partial charge on any atom is 0.164 e. The number of aromatic nitrogens is 3. The number of hydrogen-bond acceptors (Lipinski definition) is 3. The minimum atomic E-state index is 0.675. The van der Waals surface area contributed by atoms with Crippen LogP contribution in [-0.2, 0) is 0 Å². The summed E-state index contributed by atoms with van der Waals surface area (Å²) in [7, 11) is 0. The number of benzene rings is 3. The van der Waals surface area contributed by atoms with Crippen molar-refractivity contribution in [3.63, 3.8) is 0 Å². The van der Waals surface area contributed by atoms with Crippen LogP contribution in [0.3, 0.4) is 0 Å². The minimum Gasteiger partial charge on any atom is -0.208 e. The first-order chi connectivity index (χ1) is 15.7. The highest BCUT2D eigenvalue weighted by Gasteiger charge is 2.13. The average Bonchev–Trinajstić information content (AvgIpc) is 2.85. The van der Waals surface area contributed by atoms with Crippen molar-refractivity contribution in [2.45, 2.75) is 27.2 Å². The third-order valence-corrected chi connectivity index (χ3v) is 5.20. The number of aryl methyl sites for hydroxylation is 1. The molecule has 1 aromatic heterocycles. The summed E-state index contributed by atoms with van der Waals surface area (Å²) in [4.78, 5) is 14.5. The number of rotatable bonds is 6. The Kier molecular flexibility index (Phi) is 6.66. The van der Waals surface area contributed by atoms with E-state index < -0.39 is 0 Å². The number of allylic oxidation sites excluding steroid dienone is 4. The lowest BCUT2D eigenvalue weighted by molar-refractivity contribution is 1.03. The van der Waals surface area contributed by atoms with E-state index in [1.54, 1.807) is 0 Å². The first kappa shape index (κ1) is 21.4. The molecule has 4 rings (SSSR count). The molecule has 0 atom stereocenters. The summed E-state index contributed by atoms with van der Waals surface area (Å²) in [6.45, 7) is 6.23. The third kappa shape index (κ3) is 4.89. The minimum absolute atomic E-state index is 0.675. The van der Waals surface area contributed by atoms with E-state index in [2.05, 4.69) is 74.5 Å². The highest BCUT2D eigenvalue weighted by atomic mass is 15.0. The molecule has 0 saturated heterocycles. The van der Waals surface area contributed by atoms with E-state index in [4.69, 9.17) is 15.0 Å². The molecule has 0 bridgehead atoms. The Morgan fingerprint density at radius 2 is 1.38 bits per heavy atom. The van der Waals surface area contributed by atoms with Gasteiger partial charge in [0.1, 0.15) is 0 Å². The Bertz CT molecular complexity index is 1250. The molecule has 3 aromatic carbocycles. The quantitative estimate of drug-likeness (QED) is 0.304. The molecule has 32 heavy (non-hydrogen) atoms. The van der Waals surface area contributed by atoms with Crippen molar-refractivity contribution >= 4 is 5.57 Å². The van der Waals surface area contributed by atoms with Gasteiger partial charge in [0.25, 0.3) is 0 Å². The van der Waals surface area contributed by atoms with Crippen LogP contribution in [0, 0.1) is 6.92 Å². The second-order valence-corrected chi connectivity index (χ2v) is 7.69. The van der Waals surface area contributed by atoms with E-state index in [-0.39, 0.29) is 0 Å².